The highest BCUT2D eigenvalue weighted by molar-refractivity contribution is 5.70. The molecule has 2 aromatic rings. The number of esters is 2. The Hall–Kier alpha value is -2.62. The van der Waals surface area contributed by atoms with E-state index in [4.69, 9.17) is 9.47 Å². The standard InChI is InChI=1S/C32H46O4/c1-3-5-7-9-11-13-15-31(33)35-25-27-17-21-29(22-18-27)30-23-19-28(20-24-30)26-36-32(34)16-14-12-10-8-6-4-2/h17-24H,3-16,25-26H2,1-2H3. The molecule has 0 amide bonds. The molecule has 0 N–H and O–H groups in total. The van der Waals surface area contributed by atoms with Crippen molar-refractivity contribution in [2.24, 2.45) is 0 Å². The molecule has 0 saturated heterocycles. The van der Waals surface area contributed by atoms with Crippen molar-refractivity contribution < 1.29 is 19.1 Å². The second-order valence-corrected chi connectivity index (χ2v) is 9.75. The molecule has 0 aliphatic carbocycles. The molecule has 0 aliphatic rings. The maximum atomic E-state index is 12.0. The van der Waals surface area contributed by atoms with E-state index in [1.54, 1.807) is 0 Å². The molecule has 36 heavy (non-hydrogen) atoms. The van der Waals surface area contributed by atoms with Gasteiger partial charge in [-0.05, 0) is 35.1 Å². The van der Waals surface area contributed by atoms with Gasteiger partial charge in [0.05, 0.1) is 0 Å². The Morgan fingerprint density at radius 2 is 0.833 bits per heavy atom. The highest BCUT2D eigenvalue weighted by Gasteiger charge is 2.06. The number of rotatable bonds is 19. The van der Waals surface area contributed by atoms with Crippen LogP contribution in [0.25, 0.3) is 11.1 Å². The SMILES string of the molecule is CCCCCCCCC(=O)OCc1ccc(-c2ccc(COC(=O)CCCCCCCC)cc2)cc1. The number of benzene rings is 2. The van der Waals surface area contributed by atoms with Crippen LogP contribution in [0.15, 0.2) is 48.5 Å². The number of hydrogen-bond donors (Lipinski definition) is 0. The van der Waals surface area contributed by atoms with Crippen molar-refractivity contribution in [2.45, 2.75) is 117 Å². The highest BCUT2D eigenvalue weighted by Crippen LogP contribution is 2.21. The molecule has 0 aliphatic heterocycles. The Balaban J connectivity index is 1.66. The van der Waals surface area contributed by atoms with Crippen LogP contribution in [-0.4, -0.2) is 11.9 Å². The average Bonchev–Trinajstić information content (AvgIpc) is 2.91. The van der Waals surface area contributed by atoms with Crippen LogP contribution in [0.5, 0.6) is 0 Å². The summed E-state index contributed by atoms with van der Waals surface area (Å²) in [6.45, 7) is 5.05. The molecule has 4 heteroatoms. The second-order valence-electron chi connectivity index (χ2n) is 9.75. The summed E-state index contributed by atoms with van der Waals surface area (Å²) < 4.78 is 10.9. The number of carbonyl (C=O) groups is 2. The molecule has 0 unspecified atom stereocenters. The van der Waals surface area contributed by atoms with E-state index < -0.39 is 0 Å². The van der Waals surface area contributed by atoms with Crippen LogP contribution < -0.4 is 0 Å². The van der Waals surface area contributed by atoms with E-state index in [0.29, 0.717) is 26.1 Å². The fourth-order valence-corrected chi connectivity index (χ4v) is 4.16. The van der Waals surface area contributed by atoms with Crippen LogP contribution in [0, 0.1) is 0 Å². The topological polar surface area (TPSA) is 52.6 Å². The third-order valence-corrected chi connectivity index (χ3v) is 6.51. The number of unbranched alkanes of at least 4 members (excludes halogenated alkanes) is 10. The number of carbonyl (C=O) groups excluding carboxylic acids is 2. The molecular formula is C32H46O4. The lowest BCUT2D eigenvalue weighted by molar-refractivity contribution is -0.146. The third kappa shape index (κ3) is 12.9. The van der Waals surface area contributed by atoms with Gasteiger partial charge < -0.3 is 9.47 Å². The van der Waals surface area contributed by atoms with Crippen molar-refractivity contribution >= 4 is 11.9 Å². The maximum absolute atomic E-state index is 12.0. The zero-order valence-corrected chi connectivity index (χ0v) is 22.6. The largest absolute Gasteiger partial charge is 0.461 e. The maximum Gasteiger partial charge on any atom is 0.306 e. The zero-order chi connectivity index (χ0) is 25.8. The molecule has 0 aromatic heterocycles. The first-order chi connectivity index (χ1) is 17.6. The molecule has 4 nitrogen and oxygen atoms in total. The van der Waals surface area contributed by atoms with Crippen molar-refractivity contribution in [3.63, 3.8) is 0 Å². The Morgan fingerprint density at radius 3 is 1.19 bits per heavy atom. The van der Waals surface area contributed by atoms with Crippen molar-refractivity contribution in [1.82, 2.24) is 0 Å². The van der Waals surface area contributed by atoms with E-state index in [1.165, 1.54) is 51.4 Å². The summed E-state index contributed by atoms with van der Waals surface area (Å²) in [7, 11) is 0. The first-order valence-corrected chi connectivity index (χ1v) is 14.1. The van der Waals surface area contributed by atoms with Crippen LogP contribution in [-0.2, 0) is 32.3 Å². The zero-order valence-electron chi connectivity index (χ0n) is 22.6. The van der Waals surface area contributed by atoms with Crippen molar-refractivity contribution in [1.29, 1.82) is 0 Å². The minimum Gasteiger partial charge on any atom is -0.461 e. The van der Waals surface area contributed by atoms with Gasteiger partial charge in [0.15, 0.2) is 0 Å². The monoisotopic (exact) mass is 494 g/mol. The molecule has 0 saturated carbocycles. The second kappa shape index (κ2) is 18.6. The summed E-state index contributed by atoms with van der Waals surface area (Å²) in [6.07, 6.45) is 15.0. The number of hydrogen-bond acceptors (Lipinski definition) is 4. The fourth-order valence-electron chi connectivity index (χ4n) is 4.16. The third-order valence-electron chi connectivity index (χ3n) is 6.51. The van der Waals surface area contributed by atoms with E-state index in [-0.39, 0.29) is 11.9 Å². The van der Waals surface area contributed by atoms with E-state index in [1.807, 2.05) is 48.5 Å². The normalized spacial score (nSPS) is 10.8. The summed E-state index contributed by atoms with van der Waals surface area (Å²) >= 11 is 0. The van der Waals surface area contributed by atoms with Crippen LogP contribution in [0.1, 0.15) is 115 Å². The van der Waals surface area contributed by atoms with Gasteiger partial charge in [0.25, 0.3) is 0 Å². The molecular weight excluding hydrogens is 448 g/mol. The predicted octanol–water partition coefficient (Wildman–Crippen LogP) is 8.94. The van der Waals surface area contributed by atoms with Gasteiger partial charge in [0.1, 0.15) is 13.2 Å². The molecule has 0 fully saturated rings. The quantitative estimate of drug-likeness (QED) is 0.144. The van der Waals surface area contributed by atoms with Crippen LogP contribution >= 0.6 is 0 Å². The fraction of sp³-hybridized carbons (Fsp3) is 0.562. The number of ether oxygens (including phenoxy) is 2. The predicted molar refractivity (Wildman–Crippen MR) is 147 cm³/mol. The van der Waals surface area contributed by atoms with Crippen LogP contribution in [0.4, 0.5) is 0 Å². The minimum absolute atomic E-state index is 0.113. The lowest BCUT2D eigenvalue weighted by atomic mass is 10.0. The van der Waals surface area contributed by atoms with Gasteiger partial charge in [-0.2, -0.15) is 0 Å². The van der Waals surface area contributed by atoms with Crippen LogP contribution in [0.3, 0.4) is 0 Å². The summed E-state index contributed by atoms with van der Waals surface area (Å²) in [5.41, 5.74) is 4.18. The lowest BCUT2D eigenvalue weighted by Crippen LogP contribution is -2.04. The van der Waals surface area contributed by atoms with E-state index in [2.05, 4.69) is 13.8 Å². The average molecular weight is 495 g/mol. The molecule has 0 spiro atoms. The summed E-state index contributed by atoms with van der Waals surface area (Å²) in [5, 5.41) is 0. The Morgan fingerprint density at radius 1 is 0.500 bits per heavy atom. The Bertz CT molecular complexity index is 781. The Kier molecular flexibility index (Phi) is 15.3. The van der Waals surface area contributed by atoms with Crippen molar-refractivity contribution in [3.05, 3.63) is 59.7 Å². The van der Waals surface area contributed by atoms with Gasteiger partial charge in [-0.25, -0.2) is 0 Å². The summed E-state index contributed by atoms with van der Waals surface area (Å²) in [4.78, 5) is 23.9. The van der Waals surface area contributed by atoms with Crippen LogP contribution in [0.2, 0.25) is 0 Å². The molecule has 0 bridgehead atoms. The van der Waals surface area contributed by atoms with E-state index >= 15 is 0 Å². The van der Waals surface area contributed by atoms with Gasteiger partial charge in [0.2, 0.25) is 0 Å². The molecule has 0 heterocycles. The summed E-state index contributed by atoms with van der Waals surface area (Å²) in [5.74, 6) is -0.226. The summed E-state index contributed by atoms with van der Waals surface area (Å²) in [6, 6.07) is 16.2. The van der Waals surface area contributed by atoms with Gasteiger partial charge in [-0.1, -0.05) is 127 Å². The van der Waals surface area contributed by atoms with Gasteiger partial charge in [-0.15, -0.1) is 0 Å². The van der Waals surface area contributed by atoms with Crippen molar-refractivity contribution in [3.8, 4) is 11.1 Å². The smallest absolute Gasteiger partial charge is 0.306 e. The lowest BCUT2D eigenvalue weighted by Gasteiger charge is -2.08. The highest BCUT2D eigenvalue weighted by atomic mass is 16.5. The van der Waals surface area contributed by atoms with Gasteiger partial charge >= 0.3 is 11.9 Å². The Labute approximate surface area is 218 Å². The molecule has 0 radical (unpaired) electrons. The molecule has 198 valence electrons. The molecule has 0 atom stereocenters. The van der Waals surface area contributed by atoms with Gasteiger partial charge in [-0.3, -0.25) is 9.59 Å². The van der Waals surface area contributed by atoms with E-state index in [9.17, 15) is 9.59 Å². The van der Waals surface area contributed by atoms with Gasteiger partial charge in [0, 0.05) is 12.8 Å². The minimum atomic E-state index is -0.113. The van der Waals surface area contributed by atoms with E-state index in [0.717, 1.165) is 47.9 Å². The molecule has 2 rings (SSSR count). The first kappa shape index (κ1) is 29.6. The molecule has 2 aromatic carbocycles. The first-order valence-electron chi connectivity index (χ1n) is 14.1. The van der Waals surface area contributed by atoms with Crippen molar-refractivity contribution in [2.75, 3.05) is 0 Å².